The normalized spacial score (nSPS) is 18.6. The molecule has 0 aromatic heterocycles. The number of carbonyl (C=O) groups excluding carboxylic acids is 4. The maximum absolute atomic E-state index is 11.9. The summed E-state index contributed by atoms with van der Waals surface area (Å²) in [7, 11) is 0. The van der Waals surface area contributed by atoms with E-state index in [1.54, 1.807) is 24.3 Å². The third-order valence-corrected chi connectivity index (χ3v) is 4.67. The van der Waals surface area contributed by atoms with E-state index in [4.69, 9.17) is 4.74 Å². The highest BCUT2D eigenvalue weighted by atomic mass is 16.5. The standard InChI is InChI=1S/C20H27N3O5/c1-13-5-3-4-6-17(13)22-20(27)23-18(25)12-28-19(26)11-15-7-9-16(10-8-15)21-14(2)24/h7-10,13,17H,3-6,11-12H2,1-2H3,(H,21,24)(H2,22,23,25,27)/t13-,17-/m1/s1. The number of esters is 1. The van der Waals surface area contributed by atoms with Crippen molar-refractivity contribution in [1.29, 1.82) is 0 Å². The number of imide groups is 1. The van der Waals surface area contributed by atoms with Gasteiger partial charge in [0.25, 0.3) is 5.91 Å². The highest BCUT2D eigenvalue weighted by molar-refractivity contribution is 5.95. The van der Waals surface area contributed by atoms with Gasteiger partial charge in [0, 0.05) is 18.7 Å². The molecule has 28 heavy (non-hydrogen) atoms. The van der Waals surface area contributed by atoms with Crippen molar-refractivity contribution in [2.45, 2.75) is 52.0 Å². The number of nitrogens with one attached hydrogen (secondary N) is 3. The van der Waals surface area contributed by atoms with E-state index >= 15 is 0 Å². The molecule has 2 atom stereocenters. The molecular formula is C20H27N3O5. The van der Waals surface area contributed by atoms with Gasteiger partial charge in [-0.3, -0.25) is 19.7 Å². The van der Waals surface area contributed by atoms with Crippen LogP contribution in [-0.4, -0.2) is 36.5 Å². The van der Waals surface area contributed by atoms with E-state index in [1.807, 2.05) is 0 Å². The average Bonchev–Trinajstić information content (AvgIpc) is 2.63. The molecular weight excluding hydrogens is 362 g/mol. The van der Waals surface area contributed by atoms with Crippen LogP contribution in [0.25, 0.3) is 0 Å². The Bertz CT molecular complexity index is 717. The highest BCUT2D eigenvalue weighted by Gasteiger charge is 2.23. The molecule has 0 spiro atoms. The number of carbonyl (C=O) groups is 4. The second-order valence-corrected chi connectivity index (χ2v) is 7.11. The molecule has 0 bridgehead atoms. The van der Waals surface area contributed by atoms with Gasteiger partial charge in [0.2, 0.25) is 5.91 Å². The average molecular weight is 389 g/mol. The minimum atomic E-state index is -0.671. The summed E-state index contributed by atoms with van der Waals surface area (Å²) in [5.74, 6) is -1.05. The monoisotopic (exact) mass is 389 g/mol. The van der Waals surface area contributed by atoms with Crippen LogP contribution in [-0.2, 0) is 25.5 Å². The summed E-state index contributed by atoms with van der Waals surface area (Å²) in [5, 5.41) is 7.62. The molecule has 1 aliphatic rings. The van der Waals surface area contributed by atoms with Crippen molar-refractivity contribution in [1.82, 2.24) is 10.6 Å². The van der Waals surface area contributed by atoms with Crippen molar-refractivity contribution in [2.75, 3.05) is 11.9 Å². The second-order valence-electron chi connectivity index (χ2n) is 7.11. The Morgan fingerprint density at radius 1 is 1.07 bits per heavy atom. The second kappa shape index (κ2) is 10.4. The first-order chi connectivity index (χ1) is 13.3. The smallest absolute Gasteiger partial charge is 0.321 e. The number of amides is 4. The molecule has 1 aromatic rings. The van der Waals surface area contributed by atoms with Crippen molar-refractivity contribution in [3.63, 3.8) is 0 Å². The van der Waals surface area contributed by atoms with Crippen molar-refractivity contribution in [2.24, 2.45) is 5.92 Å². The molecule has 1 saturated carbocycles. The molecule has 2 rings (SSSR count). The summed E-state index contributed by atoms with van der Waals surface area (Å²) in [6.07, 6.45) is 4.17. The first-order valence-corrected chi connectivity index (χ1v) is 9.46. The Kier molecular flexibility index (Phi) is 7.98. The third-order valence-electron chi connectivity index (χ3n) is 4.67. The number of urea groups is 1. The first-order valence-electron chi connectivity index (χ1n) is 9.46. The number of benzene rings is 1. The molecule has 0 radical (unpaired) electrons. The van der Waals surface area contributed by atoms with Crippen LogP contribution in [0.15, 0.2) is 24.3 Å². The Balaban J connectivity index is 1.69. The molecule has 0 unspecified atom stereocenters. The lowest BCUT2D eigenvalue weighted by atomic mass is 9.86. The summed E-state index contributed by atoms with van der Waals surface area (Å²) < 4.78 is 4.91. The van der Waals surface area contributed by atoms with E-state index in [1.165, 1.54) is 6.92 Å². The van der Waals surface area contributed by atoms with Gasteiger partial charge in [-0.2, -0.15) is 0 Å². The summed E-state index contributed by atoms with van der Waals surface area (Å²) in [5.41, 5.74) is 1.31. The van der Waals surface area contributed by atoms with E-state index in [-0.39, 0.29) is 18.4 Å². The predicted octanol–water partition coefficient (Wildman–Crippen LogP) is 2.14. The minimum absolute atomic E-state index is 0.0145. The highest BCUT2D eigenvalue weighted by Crippen LogP contribution is 2.23. The lowest BCUT2D eigenvalue weighted by Gasteiger charge is -2.29. The van der Waals surface area contributed by atoms with E-state index in [0.29, 0.717) is 17.2 Å². The van der Waals surface area contributed by atoms with Gasteiger partial charge in [0.15, 0.2) is 6.61 Å². The van der Waals surface area contributed by atoms with Gasteiger partial charge in [-0.15, -0.1) is 0 Å². The van der Waals surface area contributed by atoms with E-state index in [0.717, 1.165) is 25.7 Å². The third kappa shape index (κ3) is 7.38. The molecule has 1 aliphatic carbocycles. The van der Waals surface area contributed by atoms with Gasteiger partial charge < -0.3 is 15.4 Å². The molecule has 4 amide bonds. The summed E-state index contributed by atoms with van der Waals surface area (Å²) >= 11 is 0. The Morgan fingerprint density at radius 2 is 1.75 bits per heavy atom. The van der Waals surface area contributed by atoms with Gasteiger partial charge in [-0.1, -0.05) is 31.9 Å². The molecule has 0 aliphatic heterocycles. The van der Waals surface area contributed by atoms with Gasteiger partial charge in [-0.05, 0) is 36.5 Å². The van der Waals surface area contributed by atoms with Gasteiger partial charge >= 0.3 is 12.0 Å². The van der Waals surface area contributed by atoms with E-state index in [2.05, 4.69) is 22.9 Å². The van der Waals surface area contributed by atoms with Crippen LogP contribution >= 0.6 is 0 Å². The SMILES string of the molecule is CC(=O)Nc1ccc(CC(=O)OCC(=O)NC(=O)N[C@@H]2CCCC[C@H]2C)cc1. The molecule has 1 fully saturated rings. The zero-order valence-corrected chi connectivity index (χ0v) is 16.2. The quantitative estimate of drug-likeness (QED) is 0.645. The van der Waals surface area contributed by atoms with Crippen LogP contribution in [0.4, 0.5) is 10.5 Å². The van der Waals surface area contributed by atoms with E-state index < -0.39 is 24.5 Å². The maximum atomic E-state index is 11.9. The summed E-state index contributed by atoms with van der Waals surface area (Å²) in [4.78, 5) is 46.5. The van der Waals surface area contributed by atoms with Crippen LogP contribution in [0.3, 0.4) is 0 Å². The molecule has 8 heteroatoms. The number of ether oxygens (including phenoxy) is 1. The molecule has 0 saturated heterocycles. The topological polar surface area (TPSA) is 114 Å². The predicted molar refractivity (Wildman–Crippen MR) is 104 cm³/mol. The fraction of sp³-hybridized carbons (Fsp3) is 0.500. The largest absolute Gasteiger partial charge is 0.455 e. The van der Waals surface area contributed by atoms with Crippen LogP contribution in [0.5, 0.6) is 0 Å². The van der Waals surface area contributed by atoms with Crippen LogP contribution in [0, 0.1) is 5.92 Å². The number of hydrogen-bond acceptors (Lipinski definition) is 5. The lowest BCUT2D eigenvalue weighted by Crippen LogP contribution is -2.48. The first kappa shape index (κ1) is 21.4. The van der Waals surface area contributed by atoms with Gasteiger partial charge in [-0.25, -0.2) is 4.79 Å². The fourth-order valence-corrected chi connectivity index (χ4v) is 3.17. The van der Waals surface area contributed by atoms with Crippen LogP contribution in [0.1, 0.15) is 45.1 Å². The zero-order chi connectivity index (χ0) is 20.5. The number of hydrogen-bond donors (Lipinski definition) is 3. The van der Waals surface area contributed by atoms with E-state index in [9.17, 15) is 19.2 Å². The Morgan fingerprint density at radius 3 is 2.39 bits per heavy atom. The molecule has 152 valence electrons. The number of rotatable bonds is 6. The Hall–Kier alpha value is -2.90. The van der Waals surface area contributed by atoms with Crippen molar-refractivity contribution >= 4 is 29.5 Å². The summed E-state index contributed by atoms with van der Waals surface area (Å²) in [6.45, 7) is 2.97. The molecule has 0 heterocycles. The molecule has 1 aromatic carbocycles. The lowest BCUT2D eigenvalue weighted by molar-refractivity contribution is -0.147. The van der Waals surface area contributed by atoms with Crippen LogP contribution < -0.4 is 16.0 Å². The Labute approximate surface area is 164 Å². The maximum Gasteiger partial charge on any atom is 0.321 e. The van der Waals surface area contributed by atoms with Crippen LogP contribution in [0.2, 0.25) is 0 Å². The van der Waals surface area contributed by atoms with Crippen molar-refractivity contribution < 1.29 is 23.9 Å². The van der Waals surface area contributed by atoms with Gasteiger partial charge in [0.1, 0.15) is 0 Å². The number of anilines is 1. The zero-order valence-electron chi connectivity index (χ0n) is 16.2. The minimum Gasteiger partial charge on any atom is -0.455 e. The summed E-state index contributed by atoms with van der Waals surface area (Å²) in [6, 6.07) is 6.22. The van der Waals surface area contributed by atoms with Crippen molar-refractivity contribution in [3.8, 4) is 0 Å². The molecule has 8 nitrogen and oxygen atoms in total. The fourth-order valence-electron chi connectivity index (χ4n) is 3.17. The van der Waals surface area contributed by atoms with Gasteiger partial charge in [0.05, 0.1) is 6.42 Å². The molecule has 3 N–H and O–H groups in total. The van der Waals surface area contributed by atoms with Crippen molar-refractivity contribution in [3.05, 3.63) is 29.8 Å².